The van der Waals surface area contributed by atoms with Crippen LogP contribution in [0, 0.1) is 6.07 Å². The van der Waals surface area contributed by atoms with Crippen LogP contribution in [0.25, 0.3) is 39.1 Å². The average molecular weight is 781 g/mol. The quantitative estimate of drug-likeness (QED) is 0.145. The van der Waals surface area contributed by atoms with Gasteiger partial charge in [-0.3, -0.25) is 0 Å². The molecule has 0 N–H and O–H groups in total. The van der Waals surface area contributed by atoms with Crippen LogP contribution in [0.2, 0.25) is 13.1 Å². The second-order valence-electron chi connectivity index (χ2n) is 15.3. The van der Waals surface area contributed by atoms with E-state index in [0.29, 0.717) is 0 Å². The molecule has 0 saturated carbocycles. The van der Waals surface area contributed by atoms with E-state index in [0.717, 1.165) is 28.8 Å². The number of rotatable bonds is 4. The second-order valence-corrected chi connectivity index (χ2v) is 16.5. The molecule has 0 fully saturated rings. The molecular formula is C45H50Cl2SiZr. The fourth-order valence-corrected chi connectivity index (χ4v) is 7.64. The van der Waals surface area contributed by atoms with Gasteiger partial charge in [0.25, 0.3) is 0 Å². The van der Waals surface area contributed by atoms with Gasteiger partial charge in [-0.25, -0.2) is 0 Å². The van der Waals surface area contributed by atoms with Gasteiger partial charge in [-0.1, -0.05) is 164 Å². The summed E-state index contributed by atoms with van der Waals surface area (Å²) in [4.78, 5) is 0. The molecule has 1 unspecified atom stereocenters. The van der Waals surface area contributed by atoms with Gasteiger partial charge < -0.3 is 24.8 Å². The van der Waals surface area contributed by atoms with E-state index in [1.54, 1.807) is 5.57 Å². The summed E-state index contributed by atoms with van der Waals surface area (Å²) in [6.07, 6.45) is 5.78. The largest absolute Gasteiger partial charge is 3.00 e. The summed E-state index contributed by atoms with van der Waals surface area (Å²) < 4.78 is 0. The summed E-state index contributed by atoms with van der Waals surface area (Å²) in [5.74, 6) is 0.252. The maximum Gasteiger partial charge on any atom is 3.00 e. The zero-order valence-electron chi connectivity index (χ0n) is 30.7. The van der Waals surface area contributed by atoms with Gasteiger partial charge in [-0.05, 0) is 73.7 Å². The van der Waals surface area contributed by atoms with Gasteiger partial charge in [-0.2, -0.15) is 17.7 Å². The van der Waals surface area contributed by atoms with E-state index in [-0.39, 0.29) is 67.8 Å². The van der Waals surface area contributed by atoms with Crippen molar-refractivity contribution in [1.29, 1.82) is 0 Å². The molecule has 5 aromatic rings. The maximum atomic E-state index is 3.88. The molecule has 2 aliphatic rings. The van der Waals surface area contributed by atoms with Crippen molar-refractivity contribution < 1.29 is 51.0 Å². The Bertz CT molecular complexity index is 1950. The predicted molar refractivity (Wildman–Crippen MR) is 204 cm³/mol. The topological polar surface area (TPSA) is 0 Å². The molecule has 0 amide bonds. The molecular weight excluding hydrogens is 731 g/mol. The Labute approximate surface area is 330 Å². The number of hydrogen-bond acceptors (Lipinski definition) is 0. The van der Waals surface area contributed by atoms with Crippen molar-refractivity contribution in [2.75, 3.05) is 0 Å². The van der Waals surface area contributed by atoms with Crippen LogP contribution in [0.1, 0.15) is 106 Å². The van der Waals surface area contributed by atoms with E-state index >= 15 is 0 Å². The number of fused-ring (bicyclic) bond motifs is 5. The number of benzene rings is 5. The van der Waals surface area contributed by atoms with E-state index in [4.69, 9.17) is 0 Å². The predicted octanol–water partition coefficient (Wildman–Crippen LogP) is 6.33. The van der Waals surface area contributed by atoms with Gasteiger partial charge in [-0.15, -0.1) is 16.7 Å². The number of halogens is 2. The van der Waals surface area contributed by atoms with Crippen LogP contribution in [0.3, 0.4) is 0 Å². The molecule has 2 aliphatic carbocycles. The normalized spacial score (nSPS) is 14.2. The fraction of sp³-hybridized carbons (Fsp3) is 0.333. The Balaban J connectivity index is 0.00000105. The van der Waals surface area contributed by atoms with Gasteiger partial charge >= 0.3 is 26.2 Å². The second kappa shape index (κ2) is 16.4. The molecule has 4 heteroatoms. The van der Waals surface area contributed by atoms with Crippen LogP contribution in [-0.2, 0) is 43.5 Å². The molecule has 0 aromatic heterocycles. The van der Waals surface area contributed by atoms with E-state index in [1.165, 1.54) is 72.0 Å². The first kappa shape index (κ1) is 41.2. The van der Waals surface area contributed by atoms with Crippen LogP contribution in [0.15, 0.2) is 90.5 Å². The monoisotopic (exact) mass is 778 g/mol. The van der Waals surface area contributed by atoms with Gasteiger partial charge in [0.2, 0.25) is 0 Å². The molecule has 7 rings (SSSR count). The van der Waals surface area contributed by atoms with Crippen LogP contribution in [0.5, 0.6) is 0 Å². The van der Waals surface area contributed by atoms with E-state index in [1.807, 2.05) is 0 Å². The summed E-state index contributed by atoms with van der Waals surface area (Å²) in [5.41, 5.74) is 17.2. The molecule has 0 heterocycles. The fourth-order valence-electron chi connectivity index (χ4n) is 7.64. The minimum absolute atomic E-state index is 0. The van der Waals surface area contributed by atoms with E-state index in [9.17, 15) is 0 Å². The maximum absolute atomic E-state index is 3.88. The number of hydrogen-bond donors (Lipinski definition) is 0. The first-order chi connectivity index (χ1) is 22.0. The zero-order chi connectivity index (χ0) is 32.8. The molecule has 49 heavy (non-hydrogen) atoms. The molecule has 0 saturated heterocycles. The molecule has 0 bridgehead atoms. The zero-order valence-corrected chi connectivity index (χ0v) is 35.8. The van der Waals surface area contributed by atoms with Crippen molar-refractivity contribution in [2.45, 2.75) is 97.6 Å². The van der Waals surface area contributed by atoms with E-state index in [2.05, 4.69) is 159 Å². The minimum Gasteiger partial charge on any atom is -1.00 e. The molecule has 0 nitrogen and oxygen atoms in total. The molecule has 2 radical (unpaired) electrons. The molecule has 252 valence electrons. The number of allylic oxidation sites excluding steroid dienone is 1. The molecule has 0 aliphatic heterocycles. The smallest absolute Gasteiger partial charge is 1.00 e. The van der Waals surface area contributed by atoms with Crippen molar-refractivity contribution in [3.8, 4) is 22.3 Å². The van der Waals surface area contributed by atoms with Crippen molar-refractivity contribution in [3.05, 3.63) is 136 Å². The molecule has 0 spiro atoms. The first-order valence-electron chi connectivity index (χ1n) is 17.2. The summed E-state index contributed by atoms with van der Waals surface area (Å²) in [6, 6.07) is 35.9. The third kappa shape index (κ3) is 7.84. The van der Waals surface area contributed by atoms with Crippen LogP contribution >= 0.6 is 0 Å². The Kier molecular flexibility index (Phi) is 13.8. The summed E-state index contributed by atoms with van der Waals surface area (Å²) in [5, 5.41) is 2.62. The van der Waals surface area contributed by atoms with Crippen molar-refractivity contribution in [1.82, 2.24) is 0 Å². The van der Waals surface area contributed by atoms with Gasteiger partial charge in [0.15, 0.2) is 0 Å². The van der Waals surface area contributed by atoms with Crippen LogP contribution < -0.4 is 24.8 Å². The van der Waals surface area contributed by atoms with E-state index < -0.39 is 0 Å². The third-order valence-electron chi connectivity index (χ3n) is 9.72. The van der Waals surface area contributed by atoms with Crippen LogP contribution in [0.4, 0.5) is 0 Å². The van der Waals surface area contributed by atoms with Gasteiger partial charge in [0.05, 0.1) is 0 Å². The standard InChI is InChI=1S/C43H43.C2H7Si.2ClH.Zr/c1-8-13-28-25-37-34(33-17-11-15-27-14-9-10-16-31(27)33)18-12-19-36(37)40(28)41-38-26-29-24-30(42(2,3)4)20-21-32(29)35(38)22-23-39(41)43(5,6)7;1-3-2;;;/h9-12,14-22,24-25,40H,8,13,26H2,1-7H3;3H,1-2H3;2*1H;/q-1;;;;+3/p-2. The van der Waals surface area contributed by atoms with Crippen molar-refractivity contribution in [2.24, 2.45) is 0 Å². The Morgan fingerprint density at radius 2 is 1.41 bits per heavy atom. The first-order valence-corrected chi connectivity index (χ1v) is 19.6. The Morgan fingerprint density at radius 1 is 0.755 bits per heavy atom. The van der Waals surface area contributed by atoms with Crippen LogP contribution in [-0.4, -0.2) is 9.52 Å². The Hall–Kier alpha value is -2.22. The molecule has 5 aromatic carbocycles. The molecule has 1 atom stereocenters. The SMILES string of the molecule is CCCC1=Cc2c(-c3cccc4ccccc34)cccc2C1c1c(C(C)(C)C)[c-]cc2c1Cc1cc(C(C)(C)C)ccc1-2.C[SiH]C.[Cl-].[Cl-].[Zr+3]. The summed E-state index contributed by atoms with van der Waals surface area (Å²) >= 11 is 0. The third-order valence-corrected chi connectivity index (χ3v) is 9.72. The van der Waals surface area contributed by atoms with Crippen molar-refractivity contribution >= 4 is 26.4 Å². The summed E-state index contributed by atoms with van der Waals surface area (Å²) in [7, 11) is 0.750. The van der Waals surface area contributed by atoms with Gasteiger partial charge in [0.1, 0.15) is 0 Å². The van der Waals surface area contributed by atoms with Gasteiger partial charge in [0, 0.05) is 9.52 Å². The van der Waals surface area contributed by atoms with Crippen molar-refractivity contribution in [3.63, 3.8) is 0 Å². The minimum atomic E-state index is -0.0109. The summed E-state index contributed by atoms with van der Waals surface area (Å²) in [6.45, 7) is 20.8. The average Bonchev–Trinajstić information content (AvgIpc) is 3.57. The Morgan fingerprint density at radius 3 is 2.08 bits per heavy atom.